The van der Waals surface area contributed by atoms with Gasteiger partial charge in [-0.15, -0.1) is 0 Å². The van der Waals surface area contributed by atoms with Gasteiger partial charge in [0.25, 0.3) is 0 Å². The fourth-order valence-corrected chi connectivity index (χ4v) is 3.03. The van der Waals surface area contributed by atoms with E-state index in [0.29, 0.717) is 11.8 Å². The van der Waals surface area contributed by atoms with Crippen LogP contribution in [0.2, 0.25) is 0 Å². The smallest absolute Gasteiger partial charge is 0.137 e. The number of aromatic nitrogens is 1. The van der Waals surface area contributed by atoms with Crippen molar-refractivity contribution in [3.8, 4) is 5.75 Å². The van der Waals surface area contributed by atoms with Crippen molar-refractivity contribution in [3.63, 3.8) is 0 Å². The van der Waals surface area contributed by atoms with Crippen LogP contribution in [-0.4, -0.2) is 38.4 Å². The summed E-state index contributed by atoms with van der Waals surface area (Å²) in [6.07, 6.45) is 7.45. The largest absolute Gasteiger partial charge is 0.492 e. The zero-order valence-corrected chi connectivity index (χ0v) is 12.2. The predicted octanol–water partition coefficient (Wildman–Crippen LogP) is 2.21. The molecule has 0 radical (unpaired) electrons. The van der Waals surface area contributed by atoms with Crippen LogP contribution in [0.5, 0.6) is 5.75 Å². The first kappa shape index (κ1) is 13.8. The lowest BCUT2D eigenvalue weighted by atomic mass is 10.1. The number of ether oxygens (including phenoxy) is 2. The van der Waals surface area contributed by atoms with Crippen LogP contribution in [0, 0.1) is 11.8 Å². The maximum absolute atomic E-state index is 5.90. The Kier molecular flexibility index (Phi) is 4.53. The summed E-state index contributed by atoms with van der Waals surface area (Å²) < 4.78 is 11.0. The van der Waals surface area contributed by atoms with Gasteiger partial charge < -0.3 is 14.8 Å². The number of pyridine rings is 1. The highest BCUT2D eigenvalue weighted by atomic mass is 16.5. The summed E-state index contributed by atoms with van der Waals surface area (Å²) in [6, 6.07) is 2.17. The van der Waals surface area contributed by atoms with E-state index in [0.717, 1.165) is 44.4 Å². The van der Waals surface area contributed by atoms with E-state index in [-0.39, 0.29) is 0 Å². The molecule has 20 heavy (non-hydrogen) atoms. The lowest BCUT2D eigenvalue weighted by Crippen LogP contribution is -2.15. The summed E-state index contributed by atoms with van der Waals surface area (Å²) in [5.74, 6) is 3.00. The predicted molar refractivity (Wildman–Crippen MR) is 78.0 cm³/mol. The lowest BCUT2D eigenvalue weighted by Gasteiger charge is -2.11. The van der Waals surface area contributed by atoms with E-state index < -0.39 is 0 Å². The third-order valence-corrected chi connectivity index (χ3v) is 4.43. The number of hydrogen-bond acceptors (Lipinski definition) is 4. The molecule has 3 unspecified atom stereocenters. The van der Waals surface area contributed by atoms with E-state index in [1.54, 1.807) is 7.11 Å². The van der Waals surface area contributed by atoms with Gasteiger partial charge in [-0.1, -0.05) is 0 Å². The fraction of sp³-hybridized carbons (Fsp3) is 0.688. The van der Waals surface area contributed by atoms with Gasteiger partial charge in [0.15, 0.2) is 0 Å². The van der Waals surface area contributed by atoms with Crippen LogP contribution in [-0.2, 0) is 4.74 Å². The summed E-state index contributed by atoms with van der Waals surface area (Å²) in [6.45, 7) is 3.86. The summed E-state index contributed by atoms with van der Waals surface area (Å²) >= 11 is 0. The van der Waals surface area contributed by atoms with Crippen molar-refractivity contribution in [1.82, 2.24) is 10.3 Å². The Balaban J connectivity index is 1.51. The molecular formula is C16H24N2O2. The Morgan fingerprint density at radius 2 is 2.35 bits per heavy atom. The maximum atomic E-state index is 5.90. The van der Waals surface area contributed by atoms with Crippen LogP contribution in [0.25, 0.3) is 0 Å². The van der Waals surface area contributed by atoms with Crippen LogP contribution in [0.4, 0.5) is 0 Å². The van der Waals surface area contributed by atoms with E-state index in [1.165, 1.54) is 18.4 Å². The molecule has 0 amide bonds. The first-order chi connectivity index (χ1) is 9.86. The van der Waals surface area contributed by atoms with Crippen molar-refractivity contribution in [2.75, 3.05) is 33.4 Å². The number of hydrogen-bond donors (Lipinski definition) is 1. The summed E-state index contributed by atoms with van der Waals surface area (Å²) in [7, 11) is 1.77. The van der Waals surface area contributed by atoms with E-state index in [9.17, 15) is 0 Å². The van der Waals surface area contributed by atoms with Crippen LogP contribution < -0.4 is 10.1 Å². The standard InChI is InChI=1S/C16H24N2O2/c1-19-5-3-13-7-16(13)14-6-15(10-18-9-14)20-11-12-2-4-17-8-12/h6,9-10,12-13,16-17H,2-5,7-8,11H2,1H3. The van der Waals surface area contributed by atoms with Crippen LogP contribution in [0.1, 0.15) is 30.7 Å². The lowest BCUT2D eigenvalue weighted by molar-refractivity contribution is 0.189. The van der Waals surface area contributed by atoms with E-state index >= 15 is 0 Å². The fourth-order valence-electron chi connectivity index (χ4n) is 3.03. The zero-order valence-electron chi connectivity index (χ0n) is 12.2. The highest BCUT2D eigenvalue weighted by molar-refractivity contribution is 5.30. The highest BCUT2D eigenvalue weighted by Crippen LogP contribution is 2.49. The first-order valence-electron chi connectivity index (χ1n) is 7.64. The second-order valence-electron chi connectivity index (χ2n) is 6.01. The van der Waals surface area contributed by atoms with Crippen molar-refractivity contribution < 1.29 is 9.47 Å². The molecule has 0 spiro atoms. The third-order valence-electron chi connectivity index (χ3n) is 4.43. The Labute approximate surface area is 120 Å². The molecule has 1 saturated heterocycles. The van der Waals surface area contributed by atoms with E-state index in [4.69, 9.17) is 9.47 Å². The van der Waals surface area contributed by atoms with Gasteiger partial charge in [0.05, 0.1) is 12.8 Å². The van der Waals surface area contributed by atoms with Crippen molar-refractivity contribution in [2.45, 2.75) is 25.2 Å². The molecule has 1 N–H and O–H groups in total. The second kappa shape index (κ2) is 6.55. The van der Waals surface area contributed by atoms with Gasteiger partial charge in [-0.2, -0.15) is 0 Å². The monoisotopic (exact) mass is 276 g/mol. The molecule has 1 saturated carbocycles. The molecule has 110 valence electrons. The highest BCUT2D eigenvalue weighted by Gasteiger charge is 2.38. The average molecular weight is 276 g/mol. The molecular weight excluding hydrogens is 252 g/mol. The number of nitrogens with zero attached hydrogens (tertiary/aromatic N) is 1. The van der Waals surface area contributed by atoms with Gasteiger partial charge in [0.1, 0.15) is 5.75 Å². The summed E-state index contributed by atoms with van der Waals surface area (Å²) in [4.78, 5) is 4.33. The molecule has 1 aliphatic carbocycles. The third kappa shape index (κ3) is 3.49. The molecule has 1 aliphatic heterocycles. The van der Waals surface area contributed by atoms with Crippen molar-refractivity contribution in [1.29, 1.82) is 0 Å². The van der Waals surface area contributed by atoms with Gasteiger partial charge in [-0.05, 0) is 49.3 Å². The van der Waals surface area contributed by atoms with Crippen molar-refractivity contribution >= 4 is 0 Å². The van der Waals surface area contributed by atoms with Crippen molar-refractivity contribution in [3.05, 3.63) is 24.0 Å². The average Bonchev–Trinajstić information content (AvgIpc) is 3.07. The molecule has 2 aliphatic rings. The molecule has 2 fully saturated rings. The van der Waals surface area contributed by atoms with Gasteiger partial charge in [-0.3, -0.25) is 4.98 Å². The van der Waals surface area contributed by atoms with Crippen LogP contribution in [0.3, 0.4) is 0 Å². The molecule has 3 atom stereocenters. The van der Waals surface area contributed by atoms with Gasteiger partial charge in [0, 0.05) is 32.4 Å². The molecule has 2 heterocycles. The second-order valence-corrected chi connectivity index (χ2v) is 6.01. The Bertz CT molecular complexity index is 432. The first-order valence-corrected chi connectivity index (χ1v) is 7.64. The molecule has 1 aromatic rings. The van der Waals surface area contributed by atoms with E-state index in [2.05, 4.69) is 16.4 Å². The minimum absolute atomic E-state index is 0.647. The zero-order chi connectivity index (χ0) is 13.8. The Morgan fingerprint density at radius 3 is 3.15 bits per heavy atom. The van der Waals surface area contributed by atoms with E-state index in [1.807, 2.05) is 12.4 Å². The quantitative estimate of drug-likeness (QED) is 0.829. The molecule has 4 heteroatoms. The van der Waals surface area contributed by atoms with Gasteiger partial charge in [-0.25, -0.2) is 0 Å². The van der Waals surface area contributed by atoms with Crippen molar-refractivity contribution in [2.24, 2.45) is 11.8 Å². The minimum Gasteiger partial charge on any atom is -0.492 e. The number of nitrogens with one attached hydrogen (secondary N) is 1. The SMILES string of the molecule is COCCC1CC1c1cncc(OCC2CCNC2)c1. The van der Waals surface area contributed by atoms with Gasteiger partial charge >= 0.3 is 0 Å². The molecule has 0 bridgehead atoms. The van der Waals surface area contributed by atoms with Crippen LogP contribution >= 0.6 is 0 Å². The summed E-state index contributed by atoms with van der Waals surface area (Å²) in [5, 5.41) is 3.37. The Hall–Kier alpha value is -1.13. The summed E-state index contributed by atoms with van der Waals surface area (Å²) in [5.41, 5.74) is 1.33. The van der Waals surface area contributed by atoms with Crippen LogP contribution in [0.15, 0.2) is 18.5 Å². The normalized spacial score (nSPS) is 28.6. The Morgan fingerprint density at radius 1 is 1.40 bits per heavy atom. The van der Waals surface area contributed by atoms with Gasteiger partial charge in [0.2, 0.25) is 0 Å². The number of methoxy groups -OCH3 is 1. The molecule has 1 aromatic heterocycles. The topological polar surface area (TPSA) is 43.4 Å². The minimum atomic E-state index is 0.647. The maximum Gasteiger partial charge on any atom is 0.137 e. The molecule has 3 rings (SSSR count). The molecule has 0 aromatic carbocycles. The number of rotatable bonds is 7. The molecule has 4 nitrogen and oxygen atoms in total.